The average Bonchev–Trinajstić information content (AvgIpc) is 2.53. The number of benzene rings is 2. The molecule has 0 saturated carbocycles. The minimum absolute atomic E-state index is 0.781. The molecule has 0 atom stereocenters. The van der Waals surface area contributed by atoms with E-state index >= 15 is 0 Å². The van der Waals surface area contributed by atoms with E-state index in [0.29, 0.717) is 0 Å². The topological polar surface area (TPSA) is 30.8 Å². The first-order chi connectivity index (χ1) is 9.83. The number of rotatable bonds is 5. The van der Waals surface area contributed by atoms with E-state index in [-0.39, 0.29) is 0 Å². The lowest BCUT2D eigenvalue weighted by atomic mass is 10.1. The summed E-state index contributed by atoms with van der Waals surface area (Å²) in [5, 5.41) is 4.05. The van der Waals surface area contributed by atoms with Crippen molar-refractivity contribution < 1.29 is 9.57 Å². The molecule has 0 N–H and O–H groups in total. The lowest BCUT2D eigenvalue weighted by Gasteiger charge is -2.01. The molecule has 0 bridgehead atoms. The number of nitrogens with zero attached hydrogens (tertiary/aromatic N) is 1. The van der Waals surface area contributed by atoms with Gasteiger partial charge in [0.15, 0.2) is 0 Å². The standard InChI is InChI=1S/C17H17NO2/c1-19-16-11-8-14(9-12-16)10-13-17(18-20-2)15-6-4-3-5-7-15/h3-13H,1-2H3/b13-10+,18-17-. The van der Waals surface area contributed by atoms with E-state index in [1.807, 2.05) is 66.7 Å². The third-order valence-corrected chi connectivity index (χ3v) is 2.81. The van der Waals surface area contributed by atoms with Crippen LogP contribution >= 0.6 is 0 Å². The lowest BCUT2D eigenvalue weighted by molar-refractivity contribution is 0.214. The van der Waals surface area contributed by atoms with Gasteiger partial charge >= 0.3 is 0 Å². The van der Waals surface area contributed by atoms with Crippen molar-refractivity contribution in [3.8, 4) is 5.75 Å². The zero-order chi connectivity index (χ0) is 14.2. The summed E-state index contributed by atoms with van der Waals surface area (Å²) in [6.45, 7) is 0. The largest absolute Gasteiger partial charge is 0.497 e. The zero-order valence-corrected chi connectivity index (χ0v) is 11.6. The predicted octanol–water partition coefficient (Wildman–Crippen LogP) is 3.76. The van der Waals surface area contributed by atoms with Gasteiger partial charge in [-0.1, -0.05) is 53.7 Å². The summed E-state index contributed by atoms with van der Waals surface area (Å²) in [5.41, 5.74) is 2.87. The molecule has 102 valence electrons. The monoisotopic (exact) mass is 267 g/mol. The molecule has 0 heterocycles. The van der Waals surface area contributed by atoms with Crippen LogP contribution in [0.3, 0.4) is 0 Å². The summed E-state index contributed by atoms with van der Waals surface area (Å²) < 4.78 is 5.13. The van der Waals surface area contributed by atoms with Crippen LogP contribution in [0.25, 0.3) is 6.08 Å². The van der Waals surface area contributed by atoms with E-state index in [4.69, 9.17) is 9.57 Å². The van der Waals surface area contributed by atoms with Gasteiger partial charge in [-0.2, -0.15) is 0 Å². The summed E-state index contributed by atoms with van der Waals surface area (Å²) in [4.78, 5) is 4.90. The van der Waals surface area contributed by atoms with E-state index in [1.54, 1.807) is 14.2 Å². The lowest BCUT2D eigenvalue weighted by Crippen LogP contribution is -1.96. The minimum atomic E-state index is 0.781. The first-order valence-corrected chi connectivity index (χ1v) is 6.32. The Hall–Kier alpha value is -2.55. The van der Waals surface area contributed by atoms with Crippen LogP contribution in [0.2, 0.25) is 0 Å². The Morgan fingerprint density at radius 2 is 1.65 bits per heavy atom. The molecule has 0 saturated heterocycles. The van der Waals surface area contributed by atoms with Crippen LogP contribution in [0.1, 0.15) is 11.1 Å². The molecule has 0 aromatic heterocycles. The summed E-state index contributed by atoms with van der Waals surface area (Å²) in [6, 6.07) is 17.7. The SMILES string of the molecule is CO/N=C(/C=C/c1ccc(OC)cc1)c1ccccc1. The molecule has 0 aliphatic heterocycles. The second kappa shape index (κ2) is 7.14. The van der Waals surface area contributed by atoms with Crippen LogP contribution in [0.15, 0.2) is 65.8 Å². The van der Waals surface area contributed by atoms with E-state index < -0.39 is 0 Å². The van der Waals surface area contributed by atoms with E-state index in [0.717, 1.165) is 22.6 Å². The molecular weight excluding hydrogens is 250 g/mol. The van der Waals surface area contributed by atoms with Crippen molar-refractivity contribution in [2.45, 2.75) is 0 Å². The molecule has 0 fully saturated rings. The first kappa shape index (κ1) is 13.9. The Morgan fingerprint density at radius 3 is 2.25 bits per heavy atom. The molecule has 0 amide bonds. The molecular formula is C17H17NO2. The highest BCUT2D eigenvalue weighted by molar-refractivity contribution is 6.10. The molecule has 2 aromatic rings. The van der Waals surface area contributed by atoms with Gasteiger partial charge in [0.25, 0.3) is 0 Å². The zero-order valence-electron chi connectivity index (χ0n) is 11.6. The molecule has 0 radical (unpaired) electrons. The fraction of sp³-hybridized carbons (Fsp3) is 0.118. The molecule has 3 nitrogen and oxygen atoms in total. The van der Waals surface area contributed by atoms with Gasteiger partial charge in [-0.15, -0.1) is 0 Å². The van der Waals surface area contributed by atoms with Gasteiger partial charge in [0.1, 0.15) is 18.6 Å². The molecule has 0 unspecified atom stereocenters. The molecule has 20 heavy (non-hydrogen) atoms. The van der Waals surface area contributed by atoms with Gasteiger partial charge in [0.05, 0.1) is 7.11 Å². The van der Waals surface area contributed by atoms with Crippen LogP contribution in [0.5, 0.6) is 5.75 Å². The van der Waals surface area contributed by atoms with Crippen molar-refractivity contribution in [1.82, 2.24) is 0 Å². The summed E-state index contributed by atoms with van der Waals surface area (Å²) in [6.07, 6.45) is 3.92. The summed E-state index contributed by atoms with van der Waals surface area (Å²) >= 11 is 0. The van der Waals surface area contributed by atoms with Crippen molar-refractivity contribution in [2.75, 3.05) is 14.2 Å². The van der Waals surface area contributed by atoms with Crippen LogP contribution in [0.4, 0.5) is 0 Å². The third-order valence-electron chi connectivity index (χ3n) is 2.81. The second-order valence-electron chi connectivity index (χ2n) is 4.13. The molecule has 2 rings (SSSR count). The van der Waals surface area contributed by atoms with Crippen molar-refractivity contribution in [3.05, 3.63) is 71.8 Å². The Labute approximate surface area is 119 Å². The Morgan fingerprint density at radius 1 is 0.950 bits per heavy atom. The van der Waals surface area contributed by atoms with Gasteiger partial charge in [-0.25, -0.2) is 0 Å². The van der Waals surface area contributed by atoms with Crippen molar-refractivity contribution in [3.63, 3.8) is 0 Å². The van der Waals surface area contributed by atoms with E-state index in [1.165, 1.54) is 0 Å². The average molecular weight is 267 g/mol. The van der Waals surface area contributed by atoms with Gasteiger partial charge < -0.3 is 9.57 Å². The smallest absolute Gasteiger partial charge is 0.118 e. The molecule has 3 heteroatoms. The maximum Gasteiger partial charge on any atom is 0.118 e. The Bertz CT molecular complexity index is 586. The predicted molar refractivity (Wildman–Crippen MR) is 82.0 cm³/mol. The van der Waals surface area contributed by atoms with Crippen molar-refractivity contribution >= 4 is 11.8 Å². The summed E-state index contributed by atoms with van der Waals surface area (Å²) in [7, 11) is 3.20. The molecule has 2 aromatic carbocycles. The van der Waals surface area contributed by atoms with Gasteiger partial charge in [-0.05, 0) is 23.8 Å². The maximum absolute atomic E-state index is 5.13. The van der Waals surface area contributed by atoms with Crippen LogP contribution < -0.4 is 4.74 Å². The number of ether oxygens (including phenoxy) is 1. The maximum atomic E-state index is 5.13. The quantitative estimate of drug-likeness (QED) is 0.610. The molecule has 0 spiro atoms. The number of hydrogen-bond donors (Lipinski definition) is 0. The van der Waals surface area contributed by atoms with E-state index in [2.05, 4.69) is 5.16 Å². The highest BCUT2D eigenvalue weighted by atomic mass is 16.6. The van der Waals surface area contributed by atoms with Crippen molar-refractivity contribution in [1.29, 1.82) is 0 Å². The first-order valence-electron chi connectivity index (χ1n) is 6.32. The Kier molecular flexibility index (Phi) is 4.95. The highest BCUT2D eigenvalue weighted by Crippen LogP contribution is 2.13. The van der Waals surface area contributed by atoms with Gasteiger partial charge in [0, 0.05) is 5.56 Å². The van der Waals surface area contributed by atoms with Crippen LogP contribution in [-0.2, 0) is 4.84 Å². The number of oxime groups is 1. The fourth-order valence-corrected chi connectivity index (χ4v) is 1.78. The normalized spacial score (nSPS) is 11.6. The number of methoxy groups -OCH3 is 1. The number of allylic oxidation sites excluding steroid dienone is 1. The highest BCUT2D eigenvalue weighted by Gasteiger charge is 1.99. The number of hydrogen-bond acceptors (Lipinski definition) is 3. The minimum Gasteiger partial charge on any atom is -0.497 e. The second-order valence-corrected chi connectivity index (χ2v) is 4.13. The van der Waals surface area contributed by atoms with Crippen LogP contribution in [0, 0.1) is 0 Å². The molecule has 0 aliphatic rings. The summed E-state index contributed by atoms with van der Waals surface area (Å²) in [5.74, 6) is 0.844. The van der Waals surface area contributed by atoms with Crippen molar-refractivity contribution in [2.24, 2.45) is 5.16 Å². The van der Waals surface area contributed by atoms with Gasteiger partial charge in [-0.3, -0.25) is 0 Å². The van der Waals surface area contributed by atoms with E-state index in [9.17, 15) is 0 Å². The third kappa shape index (κ3) is 3.72. The molecule has 0 aliphatic carbocycles. The Balaban J connectivity index is 2.19. The fourth-order valence-electron chi connectivity index (χ4n) is 1.78. The van der Waals surface area contributed by atoms with Crippen LogP contribution in [-0.4, -0.2) is 19.9 Å². The van der Waals surface area contributed by atoms with Gasteiger partial charge in [0.2, 0.25) is 0 Å².